The predicted octanol–water partition coefficient (Wildman–Crippen LogP) is 5.04. The van der Waals surface area contributed by atoms with Crippen LogP contribution in [0.15, 0.2) is 49.2 Å². The molecule has 0 spiro atoms. The van der Waals surface area contributed by atoms with Crippen molar-refractivity contribution < 1.29 is 9.13 Å². The van der Waals surface area contributed by atoms with Crippen LogP contribution in [-0.4, -0.2) is 71.3 Å². The fourth-order valence-corrected chi connectivity index (χ4v) is 6.58. The molecule has 0 amide bonds. The molecule has 2 aromatic carbocycles. The summed E-state index contributed by atoms with van der Waals surface area (Å²) >= 11 is 0. The number of piperazine rings is 1. The first kappa shape index (κ1) is 24.4. The molecule has 7 nitrogen and oxygen atoms in total. The van der Waals surface area contributed by atoms with Gasteiger partial charge in [0.2, 0.25) is 0 Å². The molecule has 4 aromatic rings. The van der Waals surface area contributed by atoms with Crippen LogP contribution >= 0.6 is 0 Å². The van der Waals surface area contributed by atoms with E-state index in [1.165, 1.54) is 0 Å². The van der Waals surface area contributed by atoms with Gasteiger partial charge >= 0.3 is 6.01 Å². The van der Waals surface area contributed by atoms with Crippen molar-refractivity contribution >= 4 is 33.6 Å². The maximum atomic E-state index is 16.5. The SMILES string of the molecule is C=Cc1cccc2cccc(-c3ncc4c(N5C[C@H]6CC[C@@H](C5)N6)nc(OCC5CCCN5C)nc4c3F)c12. The van der Waals surface area contributed by atoms with Crippen LogP contribution in [0.3, 0.4) is 0 Å². The fourth-order valence-electron chi connectivity index (χ4n) is 6.58. The molecule has 200 valence electrons. The zero-order valence-electron chi connectivity index (χ0n) is 22.2. The Morgan fingerprint density at radius 2 is 1.90 bits per heavy atom. The van der Waals surface area contributed by atoms with E-state index in [1.54, 1.807) is 12.3 Å². The van der Waals surface area contributed by atoms with Gasteiger partial charge in [0.15, 0.2) is 5.82 Å². The van der Waals surface area contributed by atoms with Crippen molar-refractivity contribution in [3.63, 3.8) is 0 Å². The van der Waals surface area contributed by atoms with Crippen LogP contribution in [0, 0.1) is 5.82 Å². The van der Waals surface area contributed by atoms with E-state index in [1.807, 2.05) is 36.4 Å². The van der Waals surface area contributed by atoms with Crippen molar-refractivity contribution in [3.8, 4) is 17.3 Å². The molecule has 3 saturated heterocycles. The molecule has 0 aliphatic carbocycles. The molecule has 8 heteroatoms. The van der Waals surface area contributed by atoms with Gasteiger partial charge in [-0.2, -0.15) is 9.97 Å². The van der Waals surface area contributed by atoms with Gasteiger partial charge in [0.1, 0.15) is 23.6 Å². The molecular formula is C31H33FN6O. The van der Waals surface area contributed by atoms with E-state index in [2.05, 4.69) is 38.7 Å². The summed E-state index contributed by atoms with van der Waals surface area (Å²) in [4.78, 5) is 18.7. The zero-order chi connectivity index (χ0) is 26.5. The molecular weight excluding hydrogens is 491 g/mol. The number of hydrogen-bond acceptors (Lipinski definition) is 7. The molecule has 39 heavy (non-hydrogen) atoms. The van der Waals surface area contributed by atoms with Crippen LogP contribution in [0.25, 0.3) is 39.0 Å². The maximum absolute atomic E-state index is 16.5. The Labute approximate surface area is 227 Å². The van der Waals surface area contributed by atoms with Crippen molar-refractivity contribution in [2.24, 2.45) is 0 Å². The Morgan fingerprint density at radius 1 is 1.10 bits per heavy atom. The van der Waals surface area contributed by atoms with Crippen molar-refractivity contribution in [1.82, 2.24) is 25.2 Å². The molecule has 1 unspecified atom stereocenters. The minimum absolute atomic E-state index is 0.226. The Morgan fingerprint density at radius 3 is 2.64 bits per heavy atom. The van der Waals surface area contributed by atoms with Gasteiger partial charge in [-0.05, 0) is 55.6 Å². The number of rotatable bonds is 6. The highest BCUT2D eigenvalue weighted by molar-refractivity contribution is 6.03. The number of likely N-dealkylation sites (N-methyl/N-ethyl adjacent to an activating group) is 1. The molecule has 0 saturated carbocycles. The third kappa shape index (κ3) is 4.32. The summed E-state index contributed by atoms with van der Waals surface area (Å²) in [6.45, 7) is 7.16. The summed E-state index contributed by atoms with van der Waals surface area (Å²) in [5.41, 5.74) is 2.18. The number of pyridine rings is 1. The molecule has 7 rings (SSSR count). The minimum Gasteiger partial charge on any atom is -0.462 e. The topological polar surface area (TPSA) is 66.4 Å². The summed E-state index contributed by atoms with van der Waals surface area (Å²) in [7, 11) is 2.11. The second-order valence-electron chi connectivity index (χ2n) is 11.1. The molecule has 1 N–H and O–H groups in total. The number of fused-ring (bicyclic) bond motifs is 4. The van der Waals surface area contributed by atoms with E-state index in [9.17, 15) is 0 Å². The van der Waals surface area contributed by atoms with Crippen LogP contribution in [0.5, 0.6) is 6.01 Å². The molecule has 3 aliphatic rings. The molecule has 0 radical (unpaired) electrons. The maximum Gasteiger partial charge on any atom is 0.319 e. The molecule has 5 heterocycles. The van der Waals surface area contributed by atoms with E-state index in [0.717, 1.165) is 67.2 Å². The van der Waals surface area contributed by atoms with Gasteiger partial charge in [0, 0.05) is 43.0 Å². The number of ether oxygens (including phenoxy) is 1. The van der Waals surface area contributed by atoms with E-state index >= 15 is 4.39 Å². The standard InChI is InChI=1S/C31H33FN6O/c1-3-19-7-4-8-20-9-5-11-24(26(19)20)28-27(32)29-25(15-33-28)30(38-16-21-12-13-22(17-38)34-21)36-31(35-29)39-18-23-10-6-14-37(23)2/h3-5,7-9,11,15,21-23,34H,1,6,10,12-14,16-18H2,2H3/t21-,22+,23?. The number of anilines is 1. The second kappa shape index (κ2) is 9.84. The molecule has 3 atom stereocenters. The Balaban J connectivity index is 1.36. The summed E-state index contributed by atoms with van der Waals surface area (Å²) in [6.07, 6.45) is 8.05. The quantitative estimate of drug-likeness (QED) is 0.379. The van der Waals surface area contributed by atoms with Gasteiger partial charge in [0.05, 0.1) is 5.39 Å². The molecule has 2 bridgehead atoms. The van der Waals surface area contributed by atoms with Gasteiger partial charge in [-0.1, -0.05) is 49.1 Å². The van der Waals surface area contributed by atoms with E-state index in [0.29, 0.717) is 35.9 Å². The lowest BCUT2D eigenvalue weighted by molar-refractivity contribution is 0.188. The number of nitrogens with zero attached hydrogens (tertiary/aromatic N) is 5. The summed E-state index contributed by atoms with van der Waals surface area (Å²) < 4.78 is 22.7. The van der Waals surface area contributed by atoms with Crippen molar-refractivity contribution in [3.05, 3.63) is 60.6 Å². The van der Waals surface area contributed by atoms with Crippen LogP contribution in [0.1, 0.15) is 31.2 Å². The lowest BCUT2D eigenvalue weighted by Gasteiger charge is -2.34. The lowest BCUT2D eigenvalue weighted by atomic mass is 9.96. The van der Waals surface area contributed by atoms with Gasteiger partial charge in [0.25, 0.3) is 0 Å². The molecule has 3 aliphatic heterocycles. The lowest BCUT2D eigenvalue weighted by Crippen LogP contribution is -2.51. The zero-order valence-corrected chi connectivity index (χ0v) is 22.2. The monoisotopic (exact) mass is 524 g/mol. The predicted molar refractivity (Wildman–Crippen MR) is 154 cm³/mol. The van der Waals surface area contributed by atoms with Crippen molar-refractivity contribution in [2.45, 2.75) is 43.8 Å². The number of aromatic nitrogens is 3. The fraction of sp³-hybridized carbons (Fsp3) is 0.387. The van der Waals surface area contributed by atoms with Gasteiger partial charge in [-0.25, -0.2) is 4.39 Å². The van der Waals surface area contributed by atoms with Crippen LogP contribution in [0.4, 0.5) is 10.2 Å². The summed E-state index contributed by atoms with van der Waals surface area (Å²) in [5.74, 6) is 0.249. The van der Waals surface area contributed by atoms with Gasteiger partial charge < -0.3 is 19.9 Å². The first-order chi connectivity index (χ1) is 19.1. The largest absolute Gasteiger partial charge is 0.462 e. The van der Waals surface area contributed by atoms with Crippen molar-refractivity contribution in [1.29, 1.82) is 0 Å². The average molecular weight is 525 g/mol. The number of hydrogen-bond donors (Lipinski definition) is 1. The third-order valence-corrected chi connectivity index (χ3v) is 8.65. The average Bonchev–Trinajstić information content (AvgIpc) is 3.54. The summed E-state index contributed by atoms with van der Waals surface area (Å²) in [6, 6.07) is 13.2. The van der Waals surface area contributed by atoms with Gasteiger partial charge in [-0.3, -0.25) is 4.98 Å². The first-order valence-corrected chi connectivity index (χ1v) is 13.9. The number of nitrogens with one attached hydrogen (secondary N) is 1. The van der Waals surface area contributed by atoms with Crippen LogP contribution in [0.2, 0.25) is 0 Å². The van der Waals surface area contributed by atoms with Gasteiger partial charge in [-0.15, -0.1) is 0 Å². The number of benzene rings is 2. The highest BCUT2D eigenvalue weighted by Gasteiger charge is 2.34. The Hall–Kier alpha value is -3.62. The number of halogens is 1. The highest BCUT2D eigenvalue weighted by Crippen LogP contribution is 2.37. The van der Waals surface area contributed by atoms with Crippen molar-refractivity contribution in [2.75, 3.05) is 38.2 Å². The smallest absolute Gasteiger partial charge is 0.319 e. The van der Waals surface area contributed by atoms with E-state index in [4.69, 9.17) is 9.72 Å². The molecule has 3 fully saturated rings. The number of likely N-dealkylation sites (tertiary alicyclic amines) is 1. The van der Waals surface area contributed by atoms with Crippen LogP contribution < -0.4 is 15.0 Å². The molecule has 2 aromatic heterocycles. The van der Waals surface area contributed by atoms with E-state index in [-0.39, 0.29) is 17.2 Å². The first-order valence-electron chi connectivity index (χ1n) is 13.9. The third-order valence-electron chi connectivity index (χ3n) is 8.65. The minimum atomic E-state index is -0.455. The Bertz CT molecular complexity index is 1560. The van der Waals surface area contributed by atoms with E-state index < -0.39 is 5.82 Å². The Kier molecular flexibility index (Phi) is 6.16. The normalized spacial score (nSPS) is 23.1. The van der Waals surface area contributed by atoms with Crippen LogP contribution in [-0.2, 0) is 0 Å². The second-order valence-corrected chi connectivity index (χ2v) is 11.1. The highest BCUT2D eigenvalue weighted by atomic mass is 19.1. The summed E-state index contributed by atoms with van der Waals surface area (Å²) in [5, 5.41) is 6.22.